The van der Waals surface area contributed by atoms with Gasteiger partial charge >= 0.3 is 6.09 Å². The molecule has 126 valence electrons. The lowest BCUT2D eigenvalue weighted by atomic mass is 9.96. The van der Waals surface area contributed by atoms with E-state index in [1.54, 1.807) is 24.5 Å². The van der Waals surface area contributed by atoms with Crippen LogP contribution in [-0.4, -0.2) is 24.3 Å². The zero-order valence-corrected chi connectivity index (χ0v) is 13.2. The second-order valence-electron chi connectivity index (χ2n) is 6.01. The molecule has 5 nitrogen and oxygen atoms in total. The number of hydrogen-bond acceptors (Lipinski definition) is 4. The van der Waals surface area contributed by atoms with Gasteiger partial charge in [0.25, 0.3) is 0 Å². The quantitative estimate of drug-likeness (QED) is 0.856. The summed E-state index contributed by atoms with van der Waals surface area (Å²) >= 11 is 0. The molecule has 2 aromatic rings. The second kappa shape index (κ2) is 6.54. The molecule has 1 aromatic carbocycles. The molecule has 2 unspecified atom stereocenters. The lowest BCUT2D eigenvalue weighted by molar-refractivity contribution is -0.00300. The van der Waals surface area contributed by atoms with Crippen molar-refractivity contribution in [3.8, 4) is 11.8 Å². The van der Waals surface area contributed by atoms with E-state index in [0.29, 0.717) is 18.8 Å². The fourth-order valence-corrected chi connectivity index (χ4v) is 2.82. The molecule has 2 saturated heterocycles. The topological polar surface area (TPSA) is 60.5 Å². The zero-order chi connectivity index (χ0) is 17.2. The van der Waals surface area contributed by atoms with Gasteiger partial charge in [-0.05, 0) is 29.3 Å². The number of alkyl carbamates (subject to hydrolysis) is 1. The Labute approximate surface area is 144 Å². The summed E-state index contributed by atoms with van der Waals surface area (Å²) in [5.41, 5.74) is 2.10. The van der Waals surface area contributed by atoms with Gasteiger partial charge in [-0.3, -0.25) is 4.98 Å². The van der Waals surface area contributed by atoms with Crippen molar-refractivity contribution in [1.82, 2.24) is 10.3 Å². The molecule has 3 heterocycles. The summed E-state index contributed by atoms with van der Waals surface area (Å²) in [6.45, 7) is 1.32. The van der Waals surface area contributed by atoms with Crippen LogP contribution in [0.1, 0.15) is 28.8 Å². The molecule has 1 aromatic heterocycles. The minimum atomic E-state index is -0.617. The molecule has 4 rings (SSSR count). The summed E-state index contributed by atoms with van der Waals surface area (Å²) in [7, 11) is 0. The number of carbonyl (C=O) groups excluding carboxylic acids is 1. The van der Waals surface area contributed by atoms with Gasteiger partial charge in [0.2, 0.25) is 0 Å². The smallest absolute Gasteiger partial charge is 0.408 e. The fraction of sp³-hybridized carbons (Fsp3) is 0.263. The zero-order valence-electron chi connectivity index (χ0n) is 13.2. The molecule has 2 aliphatic heterocycles. The summed E-state index contributed by atoms with van der Waals surface area (Å²) in [6, 6.07) is 7.46. The van der Waals surface area contributed by atoms with Gasteiger partial charge in [0.15, 0.2) is 6.10 Å². The van der Waals surface area contributed by atoms with E-state index in [1.165, 1.54) is 12.1 Å². The summed E-state index contributed by atoms with van der Waals surface area (Å²) in [6.07, 6.45) is 2.17. The van der Waals surface area contributed by atoms with Crippen molar-refractivity contribution in [2.75, 3.05) is 13.2 Å². The van der Waals surface area contributed by atoms with Crippen LogP contribution in [0.25, 0.3) is 0 Å². The molecule has 25 heavy (non-hydrogen) atoms. The number of hydrogen-bond donors (Lipinski definition) is 1. The summed E-state index contributed by atoms with van der Waals surface area (Å²) < 4.78 is 24.0. The summed E-state index contributed by atoms with van der Waals surface area (Å²) in [5.74, 6) is 6.10. The van der Waals surface area contributed by atoms with Gasteiger partial charge in [-0.25, -0.2) is 9.18 Å². The maximum Gasteiger partial charge on any atom is 0.408 e. The second-order valence-corrected chi connectivity index (χ2v) is 6.01. The van der Waals surface area contributed by atoms with E-state index in [-0.39, 0.29) is 11.7 Å². The van der Waals surface area contributed by atoms with Crippen LogP contribution in [0.2, 0.25) is 0 Å². The highest BCUT2D eigenvalue weighted by molar-refractivity contribution is 5.71. The predicted molar refractivity (Wildman–Crippen MR) is 86.9 cm³/mol. The Balaban J connectivity index is 1.62. The van der Waals surface area contributed by atoms with E-state index >= 15 is 0 Å². The molecule has 2 fully saturated rings. The number of nitrogens with zero attached hydrogens (tertiary/aromatic N) is 1. The maximum absolute atomic E-state index is 13.5. The van der Waals surface area contributed by atoms with Gasteiger partial charge in [0, 0.05) is 18.0 Å². The van der Waals surface area contributed by atoms with Gasteiger partial charge in [-0.1, -0.05) is 24.0 Å². The third-order valence-electron chi connectivity index (χ3n) is 4.16. The highest BCUT2D eigenvalue weighted by Gasteiger charge is 2.36. The van der Waals surface area contributed by atoms with E-state index in [2.05, 4.69) is 22.1 Å². The minimum absolute atomic E-state index is 0.262. The molecule has 0 radical (unpaired) electrons. The third-order valence-corrected chi connectivity index (χ3v) is 4.16. The van der Waals surface area contributed by atoms with Crippen LogP contribution in [0.5, 0.6) is 0 Å². The maximum atomic E-state index is 13.5. The lowest BCUT2D eigenvalue weighted by Crippen LogP contribution is -2.25. The molecule has 1 N–H and O–H groups in total. The molecule has 0 aliphatic carbocycles. The number of pyridine rings is 1. The summed E-state index contributed by atoms with van der Waals surface area (Å²) in [4.78, 5) is 16.0. The number of carbonyl (C=O) groups is 1. The van der Waals surface area contributed by atoms with Crippen molar-refractivity contribution in [2.45, 2.75) is 12.1 Å². The van der Waals surface area contributed by atoms with Gasteiger partial charge in [-0.2, -0.15) is 0 Å². The van der Waals surface area contributed by atoms with E-state index in [0.717, 1.165) is 11.1 Å². The van der Waals surface area contributed by atoms with E-state index in [9.17, 15) is 9.18 Å². The molecule has 0 spiro atoms. The van der Waals surface area contributed by atoms with Crippen molar-refractivity contribution < 1.29 is 18.7 Å². The number of nitrogens with one attached hydrogen (secondary N) is 1. The Bertz CT molecular complexity index is 870. The first-order valence-electron chi connectivity index (χ1n) is 7.96. The van der Waals surface area contributed by atoms with Crippen LogP contribution in [0.3, 0.4) is 0 Å². The van der Waals surface area contributed by atoms with E-state index < -0.39 is 18.2 Å². The third kappa shape index (κ3) is 3.32. The largest absolute Gasteiger partial charge is 0.439 e. The van der Waals surface area contributed by atoms with Crippen LogP contribution in [-0.2, 0) is 9.47 Å². The van der Waals surface area contributed by atoms with Crippen LogP contribution >= 0.6 is 0 Å². The first kappa shape index (κ1) is 15.6. The van der Waals surface area contributed by atoms with Gasteiger partial charge < -0.3 is 14.8 Å². The fourth-order valence-electron chi connectivity index (χ4n) is 2.82. The number of ether oxygens (including phenoxy) is 2. The minimum Gasteiger partial charge on any atom is -0.439 e. The normalized spacial score (nSPS) is 22.4. The average molecular weight is 338 g/mol. The van der Waals surface area contributed by atoms with Crippen LogP contribution in [0.4, 0.5) is 9.18 Å². The SMILES string of the molecule is O=C1NC(c2cncc(C#CC3COC3)c2)C(c2cccc(F)c2)O1. The van der Waals surface area contributed by atoms with Gasteiger partial charge in [-0.15, -0.1) is 0 Å². The first-order valence-corrected chi connectivity index (χ1v) is 7.96. The Morgan fingerprint density at radius 3 is 2.84 bits per heavy atom. The molecule has 2 aliphatic rings. The van der Waals surface area contributed by atoms with Crippen LogP contribution < -0.4 is 5.32 Å². The van der Waals surface area contributed by atoms with Crippen LogP contribution in [0.15, 0.2) is 42.7 Å². The van der Waals surface area contributed by atoms with Crippen molar-refractivity contribution in [3.05, 3.63) is 65.2 Å². The summed E-state index contributed by atoms with van der Waals surface area (Å²) in [5, 5.41) is 2.76. The molecular weight excluding hydrogens is 323 g/mol. The number of cyclic esters (lactones) is 1. The van der Waals surface area contributed by atoms with E-state index in [1.807, 2.05) is 6.07 Å². The Kier molecular flexibility index (Phi) is 4.08. The van der Waals surface area contributed by atoms with Crippen molar-refractivity contribution in [1.29, 1.82) is 0 Å². The standard InChI is InChI=1S/C19H15FN2O3/c20-16-3-1-2-14(7-16)18-17(22-19(23)25-18)15-6-12(8-21-9-15)4-5-13-10-24-11-13/h1-3,6-9,13,17-18H,10-11H2,(H,22,23). The van der Waals surface area contributed by atoms with Crippen molar-refractivity contribution in [3.63, 3.8) is 0 Å². The highest BCUT2D eigenvalue weighted by Crippen LogP contribution is 2.36. The van der Waals surface area contributed by atoms with Crippen molar-refractivity contribution >= 4 is 6.09 Å². The number of aromatic nitrogens is 1. The molecule has 6 heteroatoms. The monoisotopic (exact) mass is 338 g/mol. The number of benzene rings is 1. The number of amides is 1. The Morgan fingerprint density at radius 2 is 2.08 bits per heavy atom. The van der Waals surface area contributed by atoms with Crippen LogP contribution in [0, 0.1) is 23.6 Å². The first-order chi connectivity index (χ1) is 12.2. The molecule has 0 saturated carbocycles. The Hall–Kier alpha value is -2.91. The Morgan fingerprint density at radius 1 is 1.20 bits per heavy atom. The highest BCUT2D eigenvalue weighted by atomic mass is 19.1. The average Bonchev–Trinajstić information content (AvgIpc) is 2.96. The van der Waals surface area contributed by atoms with Gasteiger partial charge in [0.05, 0.1) is 19.1 Å². The molecule has 1 amide bonds. The van der Waals surface area contributed by atoms with Crippen molar-refractivity contribution in [2.24, 2.45) is 5.92 Å². The number of rotatable bonds is 2. The van der Waals surface area contributed by atoms with E-state index in [4.69, 9.17) is 9.47 Å². The predicted octanol–water partition coefficient (Wildman–Crippen LogP) is 2.74. The van der Waals surface area contributed by atoms with Gasteiger partial charge in [0.1, 0.15) is 11.9 Å². The molecular formula is C19H15FN2O3. The molecule has 2 atom stereocenters. The molecule has 0 bridgehead atoms. The lowest BCUT2D eigenvalue weighted by Gasteiger charge is -2.20. The number of halogens is 1.